The number of aliphatic carboxylic acids is 1. The number of carbonyl (C=O) groups excluding carboxylic acids is 4. The summed E-state index contributed by atoms with van der Waals surface area (Å²) in [6.45, 7) is 40.2. The molecule has 7 atom stereocenters. The van der Waals surface area contributed by atoms with E-state index in [9.17, 15) is 34.8 Å². The summed E-state index contributed by atoms with van der Waals surface area (Å²) in [5.74, 6) is -3.47. The number of carboxylic acid groups (broad SMARTS) is 1. The van der Waals surface area contributed by atoms with Crippen LogP contribution in [0.4, 0.5) is 4.79 Å². The van der Waals surface area contributed by atoms with Gasteiger partial charge in [-0.05, 0) is 96.0 Å². The van der Waals surface area contributed by atoms with Crippen molar-refractivity contribution in [1.82, 2.24) is 21.3 Å². The Morgan fingerprint density at radius 1 is 0.506 bits per heavy atom. The topological polar surface area (TPSA) is 214 Å². The second-order valence-electron chi connectivity index (χ2n) is 25.2. The van der Waals surface area contributed by atoms with Gasteiger partial charge in [-0.15, -0.1) is 0 Å². The van der Waals surface area contributed by atoms with Crippen LogP contribution in [0.1, 0.15) is 113 Å². The zero-order chi connectivity index (χ0) is 58.6. The van der Waals surface area contributed by atoms with Crippen molar-refractivity contribution < 1.29 is 47.1 Å². The summed E-state index contributed by atoms with van der Waals surface area (Å²) in [6.07, 6.45) is -1.15. The van der Waals surface area contributed by atoms with Crippen molar-refractivity contribution in [1.29, 1.82) is 0 Å². The normalized spacial score (nSPS) is 15.8. The maximum Gasteiger partial charge on any atom is 0.408 e. The molecule has 0 heterocycles. The fourth-order valence-corrected chi connectivity index (χ4v) is 12.9. The van der Waals surface area contributed by atoms with E-state index in [4.69, 9.17) is 18.0 Å². The third kappa shape index (κ3) is 23.7. The molecule has 0 saturated carbocycles. The molecule has 0 spiro atoms. The molecule has 0 aliphatic carbocycles. The minimum absolute atomic E-state index is 0.00420. The number of hydrogen-bond donors (Lipinski definition) is 5. The van der Waals surface area contributed by atoms with Crippen molar-refractivity contribution in [2.75, 3.05) is 0 Å². The van der Waals surface area contributed by atoms with Gasteiger partial charge >= 0.3 is 12.1 Å². The van der Waals surface area contributed by atoms with Gasteiger partial charge in [0.15, 0.2) is 27.1 Å². The third-order valence-electron chi connectivity index (χ3n) is 12.5. The van der Waals surface area contributed by atoms with Crippen LogP contribution in [0.25, 0.3) is 5.73 Å². The molecule has 4 amide bonds. The number of benzene rings is 3. The molecule has 0 bridgehead atoms. The van der Waals surface area contributed by atoms with Crippen LogP contribution in [0.2, 0.25) is 39.3 Å². The summed E-state index contributed by atoms with van der Waals surface area (Å²) < 4.78 is 25.5. The smallest absolute Gasteiger partial charge is 0.408 e. The summed E-state index contributed by atoms with van der Waals surface area (Å²) in [5.41, 5.74) is 10.9. The summed E-state index contributed by atoms with van der Waals surface area (Å²) in [5, 5.41) is 20.4. The lowest BCUT2D eigenvalue weighted by Crippen LogP contribution is -2.70. The van der Waals surface area contributed by atoms with Crippen LogP contribution in [0, 0.1) is 28.1 Å². The quantitative estimate of drug-likeness (QED) is 0.0480. The molecular weight excluding hydrogens is 1020 g/mol. The van der Waals surface area contributed by atoms with Gasteiger partial charge < -0.3 is 50.1 Å². The largest absolute Gasteiger partial charge is 0.666 e. The molecule has 6 N–H and O–H groups in total. The highest BCUT2D eigenvalue weighted by molar-refractivity contribution is 6.49. The molecule has 0 radical (unpaired) electrons. The van der Waals surface area contributed by atoms with Gasteiger partial charge in [-0.3, -0.25) is 14.4 Å². The van der Waals surface area contributed by atoms with E-state index < -0.39 is 86.6 Å². The van der Waals surface area contributed by atoms with Crippen molar-refractivity contribution >= 4 is 56.9 Å². The van der Waals surface area contributed by atoms with E-state index in [1.165, 1.54) is 0 Å². The maximum absolute atomic E-state index is 13.9. The molecule has 0 saturated heterocycles. The first-order chi connectivity index (χ1) is 35.6. The lowest BCUT2D eigenvalue weighted by atomic mass is 9.61. The maximum atomic E-state index is 13.9. The second-order valence-corrected chi connectivity index (χ2v) is 32.3. The fraction of sp³-hybridized carbons (Fsp3) is 0.610. The molecule has 432 valence electrons. The first kappa shape index (κ1) is 68.4. The number of carboxylic acids is 1. The van der Waals surface area contributed by atoms with Gasteiger partial charge in [0.05, 0.1) is 0 Å². The van der Waals surface area contributed by atoms with Crippen LogP contribution in [0.3, 0.4) is 0 Å². The first-order valence-corrected chi connectivity index (χ1v) is 35.8. The fourth-order valence-electron chi connectivity index (χ4n) is 9.37. The Kier molecular flexibility index (Phi) is 27.7. The number of hydrogen-bond acceptors (Lipinski definition) is 9. The van der Waals surface area contributed by atoms with E-state index in [0.717, 1.165) is 16.7 Å². The van der Waals surface area contributed by atoms with Crippen molar-refractivity contribution in [3.63, 3.8) is 0 Å². The lowest BCUT2D eigenvalue weighted by Gasteiger charge is -2.64. The minimum Gasteiger partial charge on any atom is -0.666 e. The molecule has 3 unspecified atom stereocenters. The highest BCUT2D eigenvalue weighted by Gasteiger charge is 2.54. The Labute approximate surface area is 467 Å². The number of rotatable bonds is 26. The van der Waals surface area contributed by atoms with E-state index in [-0.39, 0.29) is 72.3 Å². The Bertz CT molecular complexity index is 2180. The van der Waals surface area contributed by atoms with E-state index in [1.54, 1.807) is 13.8 Å². The molecule has 0 aliphatic rings. The number of carbonyl (C=O) groups is 5. The van der Waals surface area contributed by atoms with Crippen LogP contribution in [0.5, 0.6) is 0 Å². The second kappa shape index (κ2) is 31.2. The molecule has 77 heavy (non-hydrogen) atoms. The molecule has 0 aromatic heterocycles. The van der Waals surface area contributed by atoms with Gasteiger partial charge in [0, 0.05) is 31.2 Å². The minimum atomic E-state index is -1.40. The van der Waals surface area contributed by atoms with Gasteiger partial charge in [0.2, 0.25) is 17.7 Å². The van der Waals surface area contributed by atoms with Crippen LogP contribution in [-0.4, -0.2) is 110 Å². The van der Waals surface area contributed by atoms with E-state index in [0.29, 0.717) is 0 Å². The van der Waals surface area contributed by atoms with Gasteiger partial charge in [0.1, 0.15) is 30.8 Å². The van der Waals surface area contributed by atoms with Crippen molar-refractivity contribution in [3.05, 3.63) is 113 Å². The first-order valence-electron chi connectivity index (χ1n) is 27.5. The van der Waals surface area contributed by atoms with Crippen LogP contribution < -0.4 is 21.3 Å². The summed E-state index contributed by atoms with van der Waals surface area (Å²) in [7, 11) is -4.19. The number of ether oxygens (including phenoxy) is 1. The molecule has 3 aromatic rings. The predicted octanol–water partition coefficient (Wildman–Crippen LogP) is 10.0. The zero-order valence-corrected chi connectivity index (χ0v) is 53.5. The van der Waals surface area contributed by atoms with Crippen LogP contribution in [-0.2, 0) is 56.6 Å². The van der Waals surface area contributed by atoms with Crippen LogP contribution in [0.15, 0.2) is 91.0 Å². The Morgan fingerprint density at radius 3 is 1.14 bits per heavy atom. The highest BCUT2D eigenvalue weighted by Crippen LogP contribution is 2.49. The van der Waals surface area contributed by atoms with E-state index >= 15 is 0 Å². The SMILES string of the molecule is CC(C)C[C@H](NC(=O)[C@H](Cc1ccccc1)NC(=O)[C@H](Cc1ccccc1)NC(=O)OCc1ccccc1)C(=O)N[C@H](C(=O)O)C(C)C.C[SiH](C)OC(C(C)(C)C)C([NH-])(C(O[SiH](C)C)C(C)(C)C)C(O[SiH](C)C)C(C)(C)C. The summed E-state index contributed by atoms with van der Waals surface area (Å²) in [6, 6.07) is 22.9. The van der Waals surface area contributed by atoms with Gasteiger partial charge in [-0.25, -0.2) is 9.59 Å². The molecule has 3 aromatic carbocycles. The monoisotopic (exact) mass is 1120 g/mol. The Morgan fingerprint density at radius 2 is 0.831 bits per heavy atom. The number of nitrogens with one attached hydrogen (secondary N) is 5. The molecule has 0 aliphatic heterocycles. The van der Waals surface area contributed by atoms with E-state index in [2.05, 4.69) is 123 Å². The Hall–Kier alpha value is -4.70. The van der Waals surface area contributed by atoms with Gasteiger partial charge in [0.25, 0.3) is 0 Å². The van der Waals surface area contributed by atoms with E-state index in [1.807, 2.05) is 105 Å². The van der Waals surface area contributed by atoms with Crippen molar-refractivity contribution in [2.24, 2.45) is 28.1 Å². The van der Waals surface area contributed by atoms with Crippen molar-refractivity contribution in [3.8, 4) is 0 Å². The highest BCUT2D eigenvalue weighted by atomic mass is 28.3. The number of alkyl carbamates (subject to hydrolysis) is 1. The summed E-state index contributed by atoms with van der Waals surface area (Å²) in [4.78, 5) is 65.6. The van der Waals surface area contributed by atoms with Gasteiger partial charge in [-0.2, -0.15) is 0 Å². The average molecular weight is 1120 g/mol. The standard InChI is InChI=1S/C37H46N4O7.C22H52NO3Si3/c1-24(2)20-29(35(44)41-32(25(3)4)36(45)46)38-33(42)30(21-26-14-8-5-9-15-26)39-34(43)31(22-27-16-10-6-11-17-27)40-37(47)48-23-28-18-12-7-13-19-28;1-19(2,3)16(24-27(10)11)22(23,17(20(4,5)6)25-28(12)13)18(21(7,8)9)26-29(14)15/h5-19,24-25,29-32H,20-23H2,1-4H3,(H,38,42)(H,39,43)(H,40,47)(H,41,44)(H,45,46);16-18,23,27-29H,1-15H3/q;-1/t29-,30-,31-,32-;/m0./s1. The third-order valence-corrected chi connectivity index (χ3v) is 14.9. The molecule has 15 nitrogen and oxygen atoms in total. The number of amides is 4. The average Bonchev–Trinajstić information content (AvgIpc) is 3.31. The Balaban J connectivity index is 0.000000600. The molecule has 18 heteroatoms. The molecule has 0 fully saturated rings. The molecular formula is C59H98N5O10Si3-. The predicted molar refractivity (Wildman–Crippen MR) is 318 cm³/mol. The molecule has 3 rings (SSSR count). The van der Waals surface area contributed by atoms with Gasteiger partial charge in [-0.1, -0.05) is 181 Å². The van der Waals surface area contributed by atoms with Crippen LogP contribution >= 0.6 is 0 Å². The van der Waals surface area contributed by atoms with Crippen molar-refractivity contribution in [2.45, 2.75) is 203 Å². The zero-order valence-electron chi connectivity index (χ0n) is 50.0. The summed E-state index contributed by atoms with van der Waals surface area (Å²) >= 11 is 0. The lowest BCUT2D eigenvalue weighted by molar-refractivity contribution is -0.143.